The highest BCUT2D eigenvalue weighted by Crippen LogP contribution is 1.98. The third kappa shape index (κ3) is 6.74. The molecule has 0 unspecified atom stereocenters. The van der Waals surface area contributed by atoms with E-state index in [1.807, 2.05) is 13.8 Å². The number of nitrogens with zero attached hydrogens (tertiary/aromatic N) is 2. The smallest absolute Gasteiger partial charge is 0.413 e. The highest BCUT2D eigenvalue weighted by molar-refractivity contribution is 6.20. The maximum absolute atomic E-state index is 10.5. The van der Waals surface area contributed by atoms with Crippen LogP contribution in [0.15, 0.2) is 0 Å². The Morgan fingerprint density at radius 2 is 2.36 bits per heavy atom. The molecule has 62 valence electrons. The minimum Gasteiger partial charge on any atom is -0.457 e. The van der Waals surface area contributed by atoms with E-state index in [9.17, 15) is 4.79 Å². The summed E-state index contributed by atoms with van der Waals surface area (Å²) in [5.41, 5.74) is 7.91. The van der Waals surface area contributed by atoms with Crippen LogP contribution in [-0.2, 0) is 9.53 Å². The van der Waals surface area contributed by atoms with Gasteiger partial charge in [-0.05, 0) is 12.3 Å². The summed E-state index contributed by atoms with van der Waals surface area (Å²) >= 11 is 0. The van der Waals surface area contributed by atoms with Crippen LogP contribution in [0.3, 0.4) is 0 Å². The van der Waals surface area contributed by atoms with Crippen LogP contribution in [-0.4, -0.2) is 23.6 Å². The van der Waals surface area contributed by atoms with Gasteiger partial charge in [-0.3, -0.25) is 0 Å². The first-order valence-corrected chi connectivity index (χ1v) is 3.51. The monoisotopic (exact) mass is 156 g/mol. The summed E-state index contributed by atoms with van der Waals surface area (Å²) in [6.45, 7) is 4.45. The van der Waals surface area contributed by atoms with Crippen molar-refractivity contribution in [2.45, 2.75) is 20.3 Å². The van der Waals surface area contributed by atoms with Crippen LogP contribution < -0.4 is 0 Å². The van der Waals surface area contributed by atoms with Gasteiger partial charge in [-0.1, -0.05) is 13.8 Å². The number of rotatable bonds is 4. The molecule has 0 aliphatic rings. The minimum absolute atomic E-state index is 0.377. The Morgan fingerprint density at radius 3 is 2.82 bits per heavy atom. The number of hydrogen-bond acceptors (Lipinski definition) is 2. The number of carbonyl (C=O) groups excluding carboxylic acids is 1. The van der Waals surface area contributed by atoms with E-state index in [-0.39, 0.29) is 0 Å². The molecule has 0 bridgehead atoms. The fraction of sp³-hybridized carbons (Fsp3) is 0.714. The van der Waals surface area contributed by atoms with Gasteiger partial charge in [0.2, 0.25) is 0 Å². The topological polar surface area (TPSA) is 62.7 Å². The van der Waals surface area contributed by atoms with E-state index in [2.05, 4.69) is 9.53 Å². The maximum Gasteiger partial charge on any atom is 0.413 e. The highest BCUT2D eigenvalue weighted by atomic mass is 16.5. The highest BCUT2D eigenvalue weighted by Gasteiger charge is 2.02. The van der Waals surface area contributed by atoms with E-state index < -0.39 is 5.97 Å². The van der Waals surface area contributed by atoms with Crippen molar-refractivity contribution < 1.29 is 14.3 Å². The minimum atomic E-state index is -0.604. The molecule has 0 saturated carbocycles. The molecular formula is C7H12N2O2. The summed E-state index contributed by atoms with van der Waals surface area (Å²) in [4.78, 5) is 13.0. The van der Waals surface area contributed by atoms with Gasteiger partial charge in [0.1, 0.15) is 0 Å². The van der Waals surface area contributed by atoms with Crippen molar-refractivity contribution >= 4 is 12.2 Å². The van der Waals surface area contributed by atoms with Crippen molar-refractivity contribution in [3.8, 4) is 0 Å². The fourth-order valence-electron chi connectivity index (χ4n) is 0.480. The number of hydrogen-bond donors (Lipinski definition) is 0. The molecule has 0 heterocycles. The lowest BCUT2D eigenvalue weighted by atomic mass is 10.1. The fourth-order valence-corrected chi connectivity index (χ4v) is 0.480. The van der Waals surface area contributed by atoms with Gasteiger partial charge in [-0.25, -0.2) is 4.79 Å². The van der Waals surface area contributed by atoms with Crippen molar-refractivity contribution in [3.05, 3.63) is 5.53 Å². The van der Waals surface area contributed by atoms with E-state index in [4.69, 9.17) is 5.53 Å². The largest absolute Gasteiger partial charge is 0.457 e. The van der Waals surface area contributed by atoms with Gasteiger partial charge in [0.05, 0.1) is 6.61 Å². The Kier molecular flexibility index (Phi) is 5.03. The first-order valence-electron chi connectivity index (χ1n) is 3.51. The maximum atomic E-state index is 10.5. The van der Waals surface area contributed by atoms with Crippen LogP contribution in [0.25, 0.3) is 5.53 Å². The van der Waals surface area contributed by atoms with Crippen LogP contribution in [0.5, 0.6) is 0 Å². The molecular weight excluding hydrogens is 144 g/mol. The zero-order chi connectivity index (χ0) is 8.69. The lowest BCUT2D eigenvalue weighted by Crippen LogP contribution is -2.08. The van der Waals surface area contributed by atoms with Crippen LogP contribution >= 0.6 is 0 Å². The van der Waals surface area contributed by atoms with Crippen molar-refractivity contribution in [2.24, 2.45) is 5.92 Å². The first kappa shape index (κ1) is 9.85. The summed E-state index contributed by atoms with van der Waals surface area (Å²) in [5, 5.41) is 0. The molecule has 0 spiro atoms. The van der Waals surface area contributed by atoms with Crippen LogP contribution in [0.2, 0.25) is 0 Å². The Labute approximate surface area is 65.8 Å². The third-order valence-electron chi connectivity index (χ3n) is 1.10. The van der Waals surface area contributed by atoms with E-state index in [1.165, 1.54) is 0 Å². The molecule has 0 aliphatic heterocycles. The predicted molar refractivity (Wildman–Crippen MR) is 40.1 cm³/mol. The molecule has 0 aromatic carbocycles. The second-order valence-electron chi connectivity index (χ2n) is 2.59. The van der Waals surface area contributed by atoms with E-state index in [0.29, 0.717) is 12.5 Å². The van der Waals surface area contributed by atoms with Gasteiger partial charge in [-0.15, -0.1) is 0 Å². The van der Waals surface area contributed by atoms with Crippen molar-refractivity contribution in [2.75, 3.05) is 6.61 Å². The van der Waals surface area contributed by atoms with Gasteiger partial charge in [0.25, 0.3) is 0 Å². The van der Waals surface area contributed by atoms with Crippen LogP contribution in [0.4, 0.5) is 0 Å². The molecule has 0 aromatic rings. The van der Waals surface area contributed by atoms with Gasteiger partial charge >= 0.3 is 12.2 Å². The number of esters is 1. The summed E-state index contributed by atoms with van der Waals surface area (Å²) < 4.78 is 4.64. The lowest BCUT2D eigenvalue weighted by molar-refractivity contribution is -0.139. The molecule has 0 rings (SSSR count). The zero-order valence-corrected chi connectivity index (χ0v) is 6.78. The molecule has 0 amide bonds. The molecule has 4 heteroatoms. The van der Waals surface area contributed by atoms with Crippen molar-refractivity contribution in [3.63, 3.8) is 0 Å². The van der Waals surface area contributed by atoms with Gasteiger partial charge in [0, 0.05) is 0 Å². The summed E-state index contributed by atoms with van der Waals surface area (Å²) in [7, 11) is 0. The quantitative estimate of drug-likeness (QED) is 0.262. The second kappa shape index (κ2) is 5.62. The molecule has 0 fully saturated rings. The zero-order valence-electron chi connectivity index (χ0n) is 6.78. The summed E-state index contributed by atoms with van der Waals surface area (Å²) in [6, 6.07) is 0. The Morgan fingerprint density at radius 1 is 1.73 bits per heavy atom. The Balaban J connectivity index is 3.39. The molecule has 11 heavy (non-hydrogen) atoms. The molecule has 4 nitrogen and oxygen atoms in total. The summed E-state index contributed by atoms with van der Waals surface area (Å²) in [5.74, 6) is -0.0954. The van der Waals surface area contributed by atoms with Crippen LogP contribution in [0, 0.1) is 5.92 Å². The van der Waals surface area contributed by atoms with E-state index in [1.54, 1.807) is 0 Å². The van der Waals surface area contributed by atoms with Gasteiger partial charge in [-0.2, -0.15) is 4.79 Å². The Bertz CT molecular complexity index is 171. The lowest BCUT2D eigenvalue weighted by Gasteiger charge is -2.01. The average Bonchev–Trinajstić information content (AvgIpc) is 1.87. The molecule has 0 radical (unpaired) electrons. The van der Waals surface area contributed by atoms with Crippen molar-refractivity contribution in [1.29, 1.82) is 0 Å². The Hall–Kier alpha value is -1.15. The normalized spacial score (nSPS) is 9.00. The second-order valence-corrected chi connectivity index (χ2v) is 2.59. The number of ether oxygens (including phenoxy) is 1. The molecule has 0 saturated heterocycles. The predicted octanol–water partition coefficient (Wildman–Crippen LogP) is 0.876. The van der Waals surface area contributed by atoms with Gasteiger partial charge in [0.15, 0.2) is 0 Å². The summed E-state index contributed by atoms with van der Waals surface area (Å²) in [6.07, 6.45) is 1.56. The van der Waals surface area contributed by atoms with E-state index in [0.717, 1.165) is 12.6 Å². The molecule has 0 atom stereocenters. The number of carbonyl (C=O) groups is 1. The SMILES string of the molecule is CC(C)CCOC(=O)C=[N+]=[N-]. The first-order chi connectivity index (χ1) is 5.16. The van der Waals surface area contributed by atoms with E-state index >= 15 is 0 Å². The third-order valence-corrected chi connectivity index (χ3v) is 1.10. The van der Waals surface area contributed by atoms with Crippen LogP contribution in [0.1, 0.15) is 20.3 Å². The van der Waals surface area contributed by atoms with Crippen molar-refractivity contribution in [1.82, 2.24) is 0 Å². The standard InChI is InChI=1S/C7H12N2O2/c1-6(2)3-4-11-7(10)5-9-8/h5-6H,3-4H2,1-2H3. The average molecular weight is 156 g/mol. The van der Waals surface area contributed by atoms with Gasteiger partial charge < -0.3 is 10.3 Å². The molecule has 0 aromatic heterocycles. The molecule has 0 N–H and O–H groups in total. The molecule has 0 aliphatic carbocycles.